The number of cyclic esters (lactones) is 1. The predicted molar refractivity (Wildman–Crippen MR) is 96.3 cm³/mol. The Morgan fingerprint density at radius 2 is 1.88 bits per heavy atom. The average molecular weight is 336 g/mol. The zero-order valence-corrected chi connectivity index (χ0v) is 14.2. The SMILES string of the molecule is Cc1ccc2c(c1)CCCN2C(=O)c1ccc(N2CCOC2=O)cc1. The number of rotatable bonds is 2. The van der Waals surface area contributed by atoms with Crippen molar-refractivity contribution in [3.05, 3.63) is 59.2 Å². The van der Waals surface area contributed by atoms with Gasteiger partial charge in [0.15, 0.2) is 0 Å². The molecule has 0 bridgehead atoms. The van der Waals surface area contributed by atoms with Crippen molar-refractivity contribution in [1.29, 1.82) is 0 Å². The summed E-state index contributed by atoms with van der Waals surface area (Å²) in [6, 6.07) is 13.4. The summed E-state index contributed by atoms with van der Waals surface area (Å²) < 4.78 is 4.95. The Morgan fingerprint density at radius 3 is 2.60 bits per heavy atom. The van der Waals surface area contributed by atoms with Crippen LogP contribution in [-0.4, -0.2) is 31.7 Å². The molecule has 0 spiro atoms. The predicted octanol–water partition coefficient (Wildman–Crippen LogP) is 3.54. The van der Waals surface area contributed by atoms with Crippen LogP contribution in [0.4, 0.5) is 16.2 Å². The van der Waals surface area contributed by atoms with E-state index < -0.39 is 0 Å². The highest BCUT2D eigenvalue weighted by atomic mass is 16.6. The molecule has 0 unspecified atom stereocenters. The zero-order chi connectivity index (χ0) is 17.4. The number of aryl methyl sites for hydroxylation is 2. The number of carbonyl (C=O) groups is 2. The summed E-state index contributed by atoms with van der Waals surface area (Å²) in [6.07, 6.45) is 1.65. The Hall–Kier alpha value is -2.82. The second kappa shape index (κ2) is 6.24. The van der Waals surface area contributed by atoms with E-state index in [2.05, 4.69) is 13.0 Å². The van der Waals surface area contributed by atoms with Gasteiger partial charge in [0, 0.05) is 23.5 Å². The van der Waals surface area contributed by atoms with E-state index in [-0.39, 0.29) is 12.0 Å². The van der Waals surface area contributed by atoms with Crippen molar-refractivity contribution >= 4 is 23.4 Å². The maximum absolute atomic E-state index is 13.0. The Kier molecular flexibility index (Phi) is 3.92. The molecular formula is C20H20N2O3. The Morgan fingerprint density at radius 1 is 1.08 bits per heavy atom. The number of fused-ring (bicyclic) bond motifs is 1. The molecule has 2 aliphatic heterocycles. The third kappa shape index (κ3) is 2.86. The van der Waals surface area contributed by atoms with E-state index in [1.54, 1.807) is 29.2 Å². The van der Waals surface area contributed by atoms with E-state index in [9.17, 15) is 9.59 Å². The molecule has 0 saturated carbocycles. The van der Waals surface area contributed by atoms with Gasteiger partial charge in [-0.2, -0.15) is 0 Å². The van der Waals surface area contributed by atoms with Gasteiger partial charge in [-0.15, -0.1) is 0 Å². The molecule has 4 rings (SSSR count). The third-order valence-corrected chi connectivity index (χ3v) is 4.79. The van der Waals surface area contributed by atoms with Gasteiger partial charge in [0.05, 0.1) is 6.54 Å². The quantitative estimate of drug-likeness (QED) is 0.843. The monoisotopic (exact) mass is 336 g/mol. The summed E-state index contributed by atoms with van der Waals surface area (Å²) in [5.41, 5.74) is 4.85. The minimum atomic E-state index is -0.334. The molecule has 0 aliphatic carbocycles. The largest absolute Gasteiger partial charge is 0.447 e. The lowest BCUT2D eigenvalue weighted by Gasteiger charge is -2.30. The lowest BCUT2D eigenvalue weighted by molar-refractivity contribution is 0.0985. The maximum atomic E-state index is 13.0. The number of anilines is 2. The highest BCUT2D eigenvalue weighted by Crippen LogP contribution is 2.29. The molecule has 2 aromatic rings. The van der Waals surface area contributed by atoms with Crippen molar-refractivity contribution in [1.82, 2.24) is 0 Å². The van der Waals surface area contributed by atoms with Gasteiger partial charge in [-0.3, -0.25) is 9.69 Å². The minimum absolute atomic E-state index is 0.000325. The van der Waals surface area contributed by atoms with E-state index in [1.165, 1.54) is 11.1 Å². The number of nitrogens with zero attached hydrogens (tertiary/aromatic N) is 2. The highest BCUT2D eigenvalue weighted by Gasteiger charge is 2.26. The fourth-order valence-corrected chi connectivity index (χ4v) is 3.50. The molecule has 5 nitrogen and oxygen atoms in total. The summed E-state index contributed by atoms with van der Waals surface area (Å²) in [5, 5.41) is 0. The number of amides is 2. The second-order valence-electron chi connectivity index (χ2n) is 6.51. The summed E-state index contributed by atoms with van der Waals surface area (Å²) >= 11 is 0. The van der Waals surface area contributed by atoms with Crippen LogP contribution in [0.5, 0.6) is 0 Å². The van der Waals surface area contributed by atoms with Gasteiger partial charge < -0.3 is 9.64 Å². The molecule has 2 amide bonds. The van der Waals surface area contributed by atoms with Gasteiger partial charge in [-0.1, -0.05) is 17.7 Å². The van der Waals surface area contributed by atoms with Crippen LogP contribution in [0.15, 0.2) is 42.5 Å². The topological polar surface area (TPSA) is 49.9 Å². The van der Waals surface area contributed by atoms with Gasteiger partial charge in [0.25, 0.3) is 5.91 Å². The van der Waals surface area contributed by atoms with Gasteiger partial charge in [0.2, 0.25) is 0 Å². The molecule has 0 atom stereocenters. The van der Waals surface area contributed by atoms with Gasteiger partial charge in [-0.05, 0) is 55.7 Å². The van der Waals surface area contributed by atoms with Crippen LogP contribution in [0.25, 0.3) is 0 Å². The van der Waals surface area contributed by atoms with Crippen LogP contribution in [-0.2, 0) is 11.2 Å². The van der Waals surface area contributed by atoms with E-state index in [0.717, 1.165) is 30.8 Å². The van der Waals surface area contributed by atoms with Crippen LogP contribution in [0.2, 0.25) is 0 Å². The summed E-state index contributed by atoms with van der Waals surface area (Å²) in [5.74, 6) is 0.000325. The van der Waals surface area contributed by atoms with Crippen molar-refractivity contribution in [2.24, 2.45) is 0 Å². The number of benzene rings is 2. The van der Waals surface area contributed by atoms with Gasteiger partial charge in [-0.25, -0.2) is 4.79 Å². The van der Waals surface area contributed by atoms with Crippen LogP contribution in [0, 0.1) is 6.92 Å². The number of hydrogen-bond acceptors (Lipinski definition) is 3. The molecular weight excluding hydrogens is 316 g/mol. The molecule has 25 heavy (non-hydrogen) atoms. The lowest BCUT2D eigenvalue weighted by atomic mass is 9.99. The van der Waals surface area contributed by atoms with Crippen molar-refractivity contribution < 1.29 is 14.3 Å². The van der Waals surface area contributed by atoms with Gasteiger partial charge in [0.1, 0.15) is 6.61 Å². The Balaban J connectivity index is 1.59. The summed E-state index contributed by atoms with van der Waals surface area (Å²) in [6.45, 7) is 3.76. The van der Waals surface area contributed by atoms with Crippen molar-refractivity contribution in [3.63, 3.8) is 0 Å². The Bertz CT molecular complexity index is 829. The zero-order valence-electron chi connectivity index (χ0n) is 14.2. The lowest BCUT2D eigenvalue weighted by Crippen LogP contribution is -2.35. The van der Waals surface area contributed by atoms with Crippen molar-refractivity contribution in [2.75, 3.05) is 29.5 Å². The molecule has 2 heterocycles. The van der Waals surface area contributed by atoms with Crippen LogP contribution in [0.1, 0.15) is 27.9 Å². The first kappa shape index (κ1) is 15.7. The molecule has 0 aromatic heterocycles. The molecule has 128 valence electrons. The number of hydrogen-bond donors (Lipinski definition) is 0. The molecule has 5 heteroatoms. The minimum Gasteiger partial charge on any atom is -0.447 e. The smallest absolute Gasteiger partial charge is 0.414 e. The molecule has 0 N–H and O–H groups in total. The number of ether oxygens (including phenoxy) is 1. The highest BCUT2D eigenvalue weighted by molar-refractivity contribution is 6.07. The normalized spacial score (nSPS) is 16.6. The molecule has 2 aliphatic rings. The molecule has 0 radical (unpaired) electrons. The summed E-state index contributed by atoms with van der Waals surface area (Å²) in [7, 11) is 0. The van der Waals surface area contributed by atoms with Crippen LogP contribution in [0.3, 0.4) is 0 Å². The second-order valence-corrected chi connectivity index (χ2v) is 6.51. The first-order valence-corrected chi connectivity index (χ1v) is 8.59. The van der Waals surface area contributed by atoms with Crippen LogP contribution < -0.4 is 9.80 Å². The van der Waals surface area contributed by atoms with E-state index in [0.29, 0.717) is 18.7 Å². The average Bonchev–Trinajstić information content (AvgIpc) is 3.06. The summed E-state index contributed by atoms with van der Waals surface area (Å²) in [4.78, 5) is 28.0. The van der Waals surface area contributed by atoms with E-state index >= 15 is 0 Å². The maximum Gasteiger partial charge on any atom is 0.414 e. The fraction of sp³-hybridized carbons (Fsp3) is 0.300. The van der Waals surface area contributed by atoms with Gasteiger partial charge >= 0.3 is 6.09 Å². The standard InChI is InChI=1S/C20H20N2O3/c1-14-4-9-18-16(13-14)3-2-10-22(18)19(23)15-5-7-17(8-6-15)21-11-12-25-20(21)24/h4-9,13H,2-3,10-12H2,1H3. The van der Waals surface area contributed by atoms with Crippen molar-refractivity contribution in [2.45, 2.75) is 19.8 Å². The van der Waals surface area contributed by atoms with E-state index in [4.69, 9.17) is 4.74 Å². The molecule has 1 fully saturated rings. The van der Waals surface area contributed by atoms with Crippen LogP contribution >= 0.6 is 0 Å². The first-order chi connectivity index (χ1) is 12.1. The first-order valence-electron chi connectivity index (χ1n) is 8.59. The third-order valence-electron chi connectivity index (χ3n) is 4.79. The number of carbonyl (C=O) groups excluding carboxylic acids is 2. The molecule has 2 aromatic carbocycles. The Labute approximate surface area is 146 Å². The fourth-order valence-electron chi connectivity index (χ4n) is 3.50. The molecule has 1 saturated heterocycles. The van der Waals surface area contributed by atoms with E-state index in [1.807, 2.05) is 17.0 Å². The van der Waals surface area contributed by atoms with Crippen molar-refractivity contribution in [3.8, 4) is 0 Å².